The number of nitrogens with one attached hydrogen (secondary N) is 2. The summed E-state index contributed by atoms with van der Waals surface area (Å²) in [6.07, 6.45) is 1.05. The number of benzene rings is 1. The highest BCUT2D eigenvalue weighted by Crippen LogP contribution is 2.28. The topological polar surface area (TPSA) is 41.1 Å². The molecule has 112 valence electrons. The number of hydrogen-bond donors (Lipinski definition) is 2. The lowest BCUT2D eigenvalue weighted by molar-refractivity contribution is 0.0963. The molecule has 21 heavy (non-hydrogen) atoms. The van der Waals surface area contributed by atoms with Crippen molar-refractivity contribution in [2.75, 3.05) is 12.4 Å². The molecular formula is C16H19ClN2OS. The minimum atomic E-state index is -0.180. The molecule has 2 N–H and O–H groups in total. The van der Waals surface area contributed by atoms with Crippen LogP contribution in [0.4, 0.5) is 5.69 Å². The van der Waals surface area contributed by atoms with Gasteiger partial charge in [0.15, 0.2) is 0 Å². The van der Waals surface area contributed by atoms with E-state index in [1.54, 1.807) is 19.2 Å². The molecule has 0 aliphatic carbocycles. The summed E-state index contributed by atoms with van der Waals surface area (Å²) >= 11 is 7.87. The molecule has 1 aromatic carbocycles. The molecule has 1 heterocycles. The van der Waals surface area contributed by atoms with Crippen LogP contribution in [0.5, 0.6) is 0 Å². The lowest BCUT2D eigenvalue weighted by atomic mass is 10.1. The molecule has 0 saturated carbocycles. The maximum absolute atomic E-state index is 11.8. The third-order valence-corrected chi connectivity index (χ3v) is 5.02. The van der Waals surface area contributed by atoms with E-state index in [9.17, 15) is 4.79 Å². The molecule has 1 aromatic heterocycles. The van der Waals surface area contributed by atoms with E-state index in [4.69, 9.17) is 11.6 Å². The van der Waals surface area contributed by atoms with Gasteiger partial charge in [-0.15, -0.1) is 11.3 Å². The lowest BCUT2D eigenvalue weighted by Gasteiger charge is -2.15. The predicted molar refractivity (Wildman–Crippen MR) is 90.6 cm³/mol. The van der Waals surface area contributed by atoms with Crippen LogP contribution in [0, 0.1) is 0 Å². The van der Waals surface area contributed by atoms with E-state index in [1.165, 1.54) is 9.75 Å². The maximum Gasteiger partial charge on any atom is 0.252 e. The van der Waals surface area contributed by atoms with Crippen molar-refractivity contribution in [3.05, 3.63) is 50.7 Å². The predicted octanol–water partition coefficient (Wildman–Crippen LogP) is 4.50. The average Bonchev–Trinajstić information content (AvgIpc) is 2.97. The van der Waals surface area contributed by atoms with E-state index in [0.29, 0.717) is 10.6 Å². The molecule has 2 rings (SSSR count). The number of aryl methyl sites for hydroxylation is 1. The molecule has 5 heteroatoms. The van der Waals surface area contributed by atoms with Crippen LogP contribution in [0.2, 0.25) is 5.02 Å². The van der Waals surface area contributed by atoms with Gasteiger partial charge < -0.3 is 10.6 Å². The minimum absolute atomic E-state index is 0.180. The van der Waals surface area contributed by atoms with Crippen LogP contribution in [-0.2, 0) is 6.42 Å². The first-order chi connectivity index (χ1) is 10.0. The Morgan fingerprint density at radius 3 is 2.71 bits per heavy atom. The Labute approximate surface area is 134 Å². The largest absolute Gasteiger partial charge is 0.378 e. The second-order valence-corrected chi connectivity index (χ2v) is 6.40. The van der Waals surface area contributed by atoms with Crippen molar-refractivity contribution in [3.63, 3.8) is 0 Å². The number of rotatable bonds is 5. The normalized spacial score (nSPS) is 12.0. The standard InChI is InChI=1S/C16H19ClN2OS/c1-4-12-6-8-15(21-12)10(2)19-11-5-7-14(17)13(9-11)16(20)18-3/h5-10,19H,4H2,1-3H3,(H,18,20). The van der Waals surface area contributed by atoms with Gasteiger partial charge in [0.2, 0.25) is 0 Å². The SMILES string of the molecule is CCc1ccc(C(C)Nc2ccc(Cl)c(C(=O)NC)c2)s1. The van der Waals surface area contributed by atoms with Gasteiger partial charge in [-0.2, -0.15) is 0 Å². The maximum atomic E-state index is 11.8. The second-order valence-electron chi connectivity index (χ2n) is 4.80. The summed E-state index contributed by atoms with van der Waals surface area (Å²) in [5, 5.41) is 6.47. The highest BCUT2D eigenvalue weighted by Gasteiger charge is 2.12. The van der Waals surface area contributed by atoms with Gasteiger partial charge in [0.1, 0.15) is 0 Å². The Morgan fingerprint density at radius 2 is 2.10 bits per heavy atom. The quantitative estimate of drug-likeness (QED) is 0.851. The minimum Gasteiger partial charge on any atom is -0.378 e. The van der Waals surface area contributed by atoms with Crippen LogP contribution in [-0.4, -0.2) is 13.0 Å². The number of thiophene rings is 1. The Balaban J connectivity index is 2.17. The van der Waals surface area contributed by atoms with Gasteiger partial charge >= 0.3 is 0 Å². The lowest BCUT2D eigenvalue weighted by Crippen LogP contribution is -2.18. The van der Waals surface area contributed by atoms with Crippen LogP contribution in [0.1, 0.15) is 40.0 Å². The zero-order valence-corrected chi connectivity index (χ0v) is 13.9. The van der Waals surface area contributed by atoms with Crippen molar-refractivity contribution in [3.8, 4) is 0 Å². The molecule has 0 aliphatic heterocycles. The van der Waals surface area contributed by atoms with Gasteiger partial charge in [-0.25, -0.2) is 0 Å². The van der Waals surface area contributed by atoms with E-state index < -0.39 is 0 Å². The van der Waals surface area contributed by atoms with Crippen molar-refractivity contribution < 1.29 is 4.79 Å². The van der Waals surface area contributed by atoms with Crippen LogP contribution >= 0.6 is 22.9 Å². The highest BCUT2D eigenvalue weighted by molar-refractivity contribution is 7.12. The van der Waals surface area contributed by atoms with Crippen molar-refractivity contribution in [1.82, 2.24) is 5.32 Å². The summed E-state index contributed by atoms with van der Waals surface area (Å²) in [7, 11) is 1.60. The van der Waals surface area contributed by atoms with Gasteiger partial charge in [0.05, 0.1) is 16.6 Å². The van der Waals surface area contributed by atoms with Crippen LogP contribution in [0.25, 0.3) is 0 Å². The summed E-state index contributed by atoms with van der Waals surface area (Å²) in [5.74, 6) is -0.180. The number of carbonyl (C=O) groups excluding carboxylic acids is 1. The number of halogens is 1. The Bertz CT molecular complexity index is 639. The number of anilines is 1. The summed E-state index contributed by atoms with van der Waals surface area (Å²) in [6, 6.07) is 9.92. The monoisotopic (exact) mass is 322 g/mol. The highest BCUT2D eigenvalue weighted by atomic mass is 35.5. The zero-order chi connectivity index (χ0) is 15.4. The number of hydrogen-bond acceptors (Lipinski definition) is 3. The van der Waals surface area contributed by atoms with Crippen LogP contribution in [0.3, 0.4) is 0 Å². The Kier molecular flexibility index (Phi) is 5.26. The van der Waals surface area contributed by atoms with Crippen molar-refractivity contribution in [1.29, 1.82) is 0 Å². The molecule has 1 amide bonds. The molecule has 0 bridgehead atoms. The fourth-order valence-corrected chi connectivity index (χ4v) is 3.22. The van der Waals surface area contributed by atoms with E-state index in [2.05, 4.69) is 36.6 Å². The van der Waals surface area contributed by atoms with Gasteiger partial charge in [-0.1, -0.05) is 18.5 Å². The van der Waals surface area contributed by atoms with E-state index in [-0.39, 0.29) is 11.9 Å². The number of carbonyl (C=O) groups is 1. The molecule has 2 aromatic rings. The third-order valence-electron chi connectivity index (χ3n) is 3.28. The molecule has 1 atom stereocenters. The summed E-state index contributed by atoms with van der Waals surface area (Å²) < 4.78 is 0. The number of amides is 1. The molecule has 0 spiro atoms. The second kappa shape index (κ2) is 6.96. The fourth-order valence-electron chi connectivity index (χ4n) is 2.06. The van der Waals surface area contributed by atoms with Crippen LogP contribution in [0.15, 0.2) is 30.3 Å². The summed E-state index contributed by atoms with van der Waals surface area (Å²) in [6.45, 7) is 4.27. The van der Waals surface area contributed by atoms with Crippen molar-refractivity contribution >= 4 is 34.5 Å². The van der Waals surface area contributed by atoms with E-state index in [1.807, 2.05) is 17.4 Å². The first kappa shape index (κ1) is 15.9. The van der Waals surface area contributed by atoms with Crippen LogP contribution < -0.4 is 10.6 Å². The van der Waals surface area contributed by atoms with E-state index >= 15 is 0 Å². The van der Waals surface area contributed by atoms with Gasteiger partial charge in [0.25, 0.3) is 5.91 Å². The van der Waals surface area contributed by atoms with Gasteiger partial charge in [-0.05, 0) is 43.7 Å². The average molecular weight is 323 g/mol. The zero-order valence-electron chi connectivity index (χ0n) is 12.4. The first-order valence-corrected chi connectivity index (χ1v) is 8.11. The first-order valence-electron chi connectivity index (χ1n) is 6.92. The summed E-state index contributed by atoms with van der Waals surface area (Å²) in [4.78, 5) is 14.4. The molecule has 0 radical (unpaired) electrons. The Hall–Kier alpha value is -1.52. The fraction of sp³-hybridized carbons (Fsp3) is 0.312. The van der Waals surface area contributed by atoms with Crippen molar-refractivity contribution in [2.45, 2.75) is 26.3 Å². The smallest absolute Gasteiger partial charge is 0.252 e. The molecule has 0 fully saturated rings. The third kappa shape index (κ3) is 3.77. The molecule has 3 nitrogen and oxygen atoms in total. The van der Waals surface area contributed by atoms with Gasteiger partial charge in [-0.3, -0.25) is 4.79 Å². The van der Waals surface area contributed by atoms with E-state index in [0.717, 1.165) is 12.1 Å². The van der Waals surface area contributed by atoms with Crippen molar-refractivity contribution in [2.24, 2.45) is 0 Å². The summed E-state index contributed by atoms with van der Waals surface area (Å²) in [5.41, 5.74) is 1.37. The molecule has 1 unspecified atom stereocenters. The Morgan fingerprint density at radius 1 is 1.33 bits per heavy atom. The molecule has 0 aliphatic rings. The molecule has 0 saturated heterocycles. The molecular weight excluding hydrogens is 304 g/mol. The van der Waals surface area contributed by atoms with Gasteiger partial charge in [0, 0.05) is 22.5 Å².